The molecule has 0 aliphatic carbocycles. The highest BCUT2D eigenvalue weighted by molar-refractivity contribution is 6.42. The van der Waals surface area contributed by atoms with Gasteiger partial charge in [0.2, 0.25) is 17.7 Å². The number of carbonyl (C=O) groups excluding carboxylic acids is 3. The van der Waals surface area contributed by atoms with Gasteiger partial charge in [0.25, 0.3) is 0 Å². The molecule has 0 spiro atoms. The van der Waals surface area contributed by atoms with E-state index in [0.717, 1.165) is 0 Å². The first-order chi connectivity index (χ1) is 9.81. The Hall–Kier alpha value is -1.79. The fourth-order valence-corrected chi connectivity index (χ4v) is 2.31. The van der Waals surface area contributed by atoms with E-state index >= 15 is 0 Å². The van der Waals surface area contributed by atoms with E-state index in [1.807, 2.05) is 0 Å². The van der Waals surface area contributed by atoms with Crippen LogP contribution >= 0.6 is 23.2 Å². The van der Waals surface area contributed by atoms with Crippen LogP contribution in [0.25, 0.3) is 0 Å². The predicted octanol–water partition coefficient (Wildman–Crippen LogP) is 1.44. The summed E-state index contributed by atoms with van der Waals surface area (Å²) in [6.07, 6.45) is 0. The van der Waals surface area contributed by atoms with Gasteiger partial charge in [-0.25, -0.2) is 0 Å². The van der Waals surface area contributed by atoms with Gasteiger partial charge in [0.05, 0.1) is 16.7 Å². The third-order valence-corrected chi connectivity index (χ3v) is 3.86. The zero-order valence-electron chi connectivity index (χ0n) is 11.4. The molecule has 0 aromatic heterocycles. The predicted molar refractivity (Wildman–Crippen MR) is 79.0 cm³/mol. The molecule has 0 saturated carbocycles. The maximum absolute atomic E-state index is 12.2. The number of hydrogen-bond acceptors (Lipinski definition) is 3. The minimum atomic E-state index is -1.39. The zero-order valence-corrected chi connectivity index (χ0v) is 12.9. The summed E-state index contributed by atoms with van der Waals surface area (Å²) in [5.41, 5.74) is 0.367. The summed E-state index contributed by atoms with van der Waals surface area (Å²) >= 11 is 11.6. The van der Waals surface area contributed by atoms with Crippen molar-refractivity contribution >= 4 is 46.6 Å². The monoisotopic (exact) mass is 329 g/mol. The first-order valence-electron chi connectivity index (χ1n) is 6.07. The fraction of sp³-hybridized carbons (Fsp3) is 0.308. The van der Waals surface area contributed by atoms with Gasteiger partial charge >= 0.3 is 0 Å². The number of nitrogens with one attached hydrogen (secondary N) is 1. The number of anilines is 1. The first-order valence-corrected chi connectivity index (χ1v) is 6.82. The Morgan fingerprint density at radius 1 is 1.14 bits per heavy atom. The molecule has 1 heterocycles. The van der Waals surface area contributed by atoms with Gasteiger partial charge in [-0.3, -0.25) is 14.4 Å². The first kappa shape index (κ1) is 15.6. The van der Waals surface area contributed by atoms with Crippen molar-refractivity contribution in [1.82, 2.24) is 9.80 Å². The Morgan fingerprint density at radius 2 is 1.71 bits per heavy atom. The van der Waals surface area contributed by atoms with Crippen molar-refractivity contribution in [3.05, 3.63) is 28.2 Å². The van der Waals surface area contributed by atoms with Crippen molar-refractivity contribution in [2.45, 2.75) is 0 Å². The Labute approximate surface area is 131 Å². The molecule has 0 atom stereocenters. The van der Waals surface area contributed by atoms with Crippen molar-refractivity contribution in [1.29, 1.82) is 0 Å². The average molecular weight is 330 g/mol. The second-order valence-corrected chi connectivity index (χ2v) is 5.58. The van der Waals surface area contributed by atoms with Gasteiger partial charge < -0.3 is 15.1 Å². The normalized spacial score (nSPS) is 16.4. The molecule has 6 nitrogen and oxygen atoms in total. The van der Waals surface area contributed by atoms with Gasteiger partial charge in [-0.15, -0.1) is 0 Å². The summed E-state index contributed by atoms with van der Waals surface area (Å²) in [5.74, 6) is -3.14. The summed E-state index contributed by atoms with van der Waals surface area (Å²) in [7, 11) is 3.06. The molecule has 3 amide bonds. The van der Waals surface area contributed by atoms with Crippen LogP contribution in [-0.2, 0) is 14.4 Å². The fourth-order valence-electron chi connectivity index (χ4n) is 2.02. The van der Waals surface area contributed by atoms with Crippen LogP contribution in [0.5, 0.6) is 0 Å². The molecule has 2 rings (SSSR count). The van der Waals surface area contributed by atoms with Gasteiger partial charge in [-0.1, -0.05) is 23.2 Å². The van der Waals surface area contributed by atoms with Crippen LogP contribution in [0.2, 0.25) is 10.0 Å². The van der Waals surface area contributed by atoms with Gasteiger partial charge in [0, 0.05) is 19.8 Å². The second kappa shape index (κ2) is 5.91. The van der Waals surface area contributed by atoms with Crippen LogP contribution in [0.4, 0.5) is 5.69 Å². The topological polar surface area (TPSA) is 69.7 Å². The van der Waals surface area contributed by atoms with Crippen LogP contribution in [0, 0.1) is 5.92 Å². The van der Waals surface area contributed by atoms with Crippen molar-refractivity contribution < 1.29 is 14.4 Å². The highest BCUT2D eigenvalue weighted by atomic mass is 35.5. The van der Waals surface area contributed by atoms with Crippen LogP contribution < -0.4 is 5.32 Å². The maximum Gasteiger partial charge on any atom is 0.246 e. The van der Waals surface area contributed by atoms with Crippen molar-refractivity contribution in [2.24, 2.45) is 5.92 Å². The Bertz CT molecular complexity index is 601. The van der Waals surface area contributed by atoms with Crippen LogP contribution in [0.1, 0.15) is 0 Å². The van der Waals surface area contributed by atoms with E-state index < -0.39 is 23.6 Å². The van der Waals surface area contributed by atoms with E-state index in [1.165, 1.54) is 42.1 Å². The van der Waals surface area contributed by atoms with Crippen molar-refractivity contribution in [3.63, 3.8) is 0 Å². The lowest BCUT2D eigenvalue weighted by Crippen LogP contribution is -2.57. The molecule has 1 fully saturated rings. The van der Waals surface area contributed by atoms with Crippen molar-refractivity contribution in [2.75, 3.05) is 26.1 Å². The molecule has 1 aromatic carbocycles. The highest BCUT2D eigenvalue weighted by Gasteiger charge is 2.42. The second-order valence-electron chi connectivity index (χ2n) is 4.76. The minimum Gasteiger partial charge on any atom is -0.327 e. The quantitative estimate of drug-likeness (QED) is 0.834. The van der Waals surface area contributed by atoms with Gasteiger partial charge in [0.15, 0.2) is 5.92 Å². The number of halogens is 2. The molecule has 1 N–H and O–H groups in total. The van der Waals surface area contributed by atoms with Gasteiger partial charge in [-0.05, 0) is 18.2 Å². The summed E-state index contributed by atoms with van der Waals surface area (Å²) in [4.78, 5) is 38.8. The molecule has 112 valence electrons. The Balaban J connectivity index is 2.20. The highest BCUT2D eigenvalue weighted by Crippen LogP contribution is 2.25. The molecule has 1 aliphatic rings. The third-order valence-electron chi connectivity index (χ3n) is 3.12. The molecular formula is C13H13Cl2N3O3. The number of carbonyl (C=O) groups is 3. The van der Waals surface area contributed by atoms with Crippen molar-refractivity contribution in [3.8, 4) is 0 Å². The van der Waals surface area contributed by atoms with E-state index in [9.17, 15) is 14.4 Å². The number of hydrogen-bond donors (Lipinski definition) is 1. The summed E-state index contributed by atoms with van der Waals surface area (Å²) < 4.78 is 0. The lowest BCUT2D eigenvalue weighted by Gasteiger charge is -2.34. The summed E-state index contributed by atoms with van der Waals surface area (Å²) in [5, 5.41) is 3.12. The van der Waals surface area contributed by atoms with E-state index in [0.29, 0.717) is 10.7 Å². The lowest BCUT2D eigenvalue weighted by atomic mass is 10.0. The van der Waals surface area contributed by atoms with E-state index in [-0.39, 0.29) is 11.7 Å². The molecule has 8 heteroatoms. The van der Waals surface area contributed by atoms with Crippen LogP contribution in [-0.4, -0.2) is 48.3 Å². The number of rotatable bonds is 2. The SMILES string of the molecule is CN1CN(C)C(=O)C(C(=O)Nc2ccc(Cl)c(Cl)c2)C1=O. The number of benzene rings is 1. The molecule has 1 aliphatic heterocycles. The molecule has 1 saturated heterocycles. The van der Waals surface area contributed by atoms with E-state index in [2.05, 4.69) is 5.32 Å². The molecular weight excluding hydrogens is 317 g/mol. The Morgan fingerprint density at radius 3 is 2.24 bits per heavy atom. The molecule has 21 heavy (non-hydrogen) atoms. The van der Waals surface area contributed by atoms with Crippen LogP contribution in [0.3, 0.4) is 0 Å². The zero-order chi connectivity index (χ0) is 15.7. The lowest BCUT2D eigenvalue weighted by molar-refractivity contribution is -0.158. The van der Waals surface area contributed by atoms with Gasteiger partial charge in [0.1, 0.15) is 0 Å². The smallest absolute Gasteiger partial charge is 0.246 e. The average Bonchev–Trinajstić information content (AvgIpc) is 2.41. The number of amides is 3. The Kier molecular flexibility index (Phi) is 4.39. The largest absolute Gasteiger partial charge is 0.327 e. The third kappa shape index (κ3) is 3.11. The maximum atomic E-state index is 12.2. The van der Waals surface area contributed by atoms with Crippen LogP contribution in [0.15, 0.2) is 18.2 Å². The number of nitrogens with zero attached hydrogens (tertiary/aromatic N) is 2. The van der Waals surface area contributed by atoms with Gasteiger partial charge in [-0.2, -0.15) is 0 Å². The molecule has 0 unspecified atom stereocenters. The van der Waals surface area contributed by atoms with E-state index in [4.69, 9.17) is 23.2 Å². The molecule has 1 aromatic rings. The van der Waals surface area contributed by atoms with E-state index in [1.54, 1.807) is 0 Å². The summed E-state index contributed by atoms with van der Waals surface area (Å²) in [6.45, 7) is 0.161. The standard InChI is InChI=1S/C13H13Cl2N3O3/c1-17-6-18(2)13(21)10(12(17)20)11(19)16-7-3-4-8(14)9(15)5-7/h3-5,10H,6H2,1-2H3,(H,16,19). The molecule has 0 radical (unpaired) electrons. The minimum absolute atomic E-state index is 0.161. The molecule has 0 bridgehead atoms. The summed E-state index contributed by atoms with van der Waals surface area (Å²) in [6, 6.07) is 4.51.